The predicted molar refractivity (Wildman–Crippen MR) is 166 cm³/mol. The molecule has 0 radical (unpaired) electrons. The molecule has 1 N–H and O–H groups in total. The van der Waals surface area contributed by atoms with E-state index in [0.29, 0.717) is 63.8 Å². The monoisotopic (exact) mass is 613 g/mol. The van der Waals surface area contributed by atoms with Gasteiger partial charge in [-0.05, 0) is 73.4 Å². The molecule has 234 valence electrons. The number of nitrogens with zero attached hydrogens (tertiary/aromatic N) is 5. The van der Waals surface area contributed by atoms with Crippen molar-refractivity contribution in [1.82, 2.24) is 23.9 Å². The average Bonchev–Trinajstić information content (AvgIpc) is 3.81. The zero-order chi connectivity index (χ0) is 31.1. The molecule has 11 heteroatoms. The van der Waals surface area contributed by atoms with Crippen molar-refractivity contribution in [3.05, 3.63) is 93.0 Å². The second-order valence-corrected chi connectivity index (χ2v) is 12.4. The number of aliphatic hydroxyl groups is 1. The van der Waals surface area contributed by atoms with Crippen LogP contribution in [0.4, 0.5) is 4.39 Å². The standard InChI is InChI=1S/C34H36FN5O5/c35-25-19-30-31(36-20-25)39(33(43)40(32(30)42)27-10-8-26(9-11-27)38(22-41)34(44)12-13-34)28-6-3-5-23(18-28)29-7-2-1-4-24(29)21-37-14-16-45-17-15-37/h1-7,18-20,22,26-27,44H,8-17,21H2. The second kappa shape index (κ2) is 12.0. The number of carbonyl (C=O) groups is 1. The number of amides is 1. The molecule has 2 saturated carbocycles. The minimum atomic E-state index is -1.08. The lowest BCUT2D eigenvalue weighted by Gasteiger charge is -2.37. The summed E-state index contributed by atoms with van der Waals surface area (Å²) in [4.78, 5) is 47.9. The number of ether oxygens (including phenoxy) is 1. The van der Waals surface area contributed by atoms with Gasteiger partial charge in [-0.15, -0.1) is 0 Å². The third kappa shape index (κ3) is 5.60. The van der Waals surface area contributed by atoms with E-state index in [1.54, 1.807) is 6.07 Å². The summed E-state index contributed by atoms with van der Waals surface area (Å²) >= 11 is 0. The molecular formula is C34H36FN5O5. The molecule has 1 saturated heterocycles. The number of aromatic nitrogens is 3. The molecule has 3 heterocycles. The van der Waals surface area contributed by atoms with E-state index in [1.165, 1.54) is 14.0 Å². The van der Waals surface area contributed by atoms with Gasteiger partial charge in [0.15, 0.2) is 5.65 Å². The van der Waals surface area contributed by atoms with Gasteiger partial charge in [-0.1, -0.05) is 36.4 Å². The van der Waals surface area contributed by atoms with Gasteiger partial charge in [0.2, 0.25) is 6.41 Å². The fraction of sp³-hybridized carbons (Fsp3) is 0.412. The second-order valence-electron chi connectivity index (χ2n) is 12.4. The Bertz CT molecular complexity index is 1850. The highest BCUT2D eigenvalue weighted by molar-refractivity contribution is 5.77. The fourth-order valence-corrected chi connectivity index (χ4v) is 6.98. The molecule has 2 aliphatic carbocycles. The van der Waals surface area contributed by atoms with Crippen LogP contribution in [0.2, 0.25) is 0 Å². The molecule has 1 amide bonds. The lowest BCUT2D eigenvalue weighted by atomic mass is 9.89. The maximum atomic E-state index is 14.5. The normalized spacial score (nSPS) is 21.5. The van der Waals surface area contributed by atoms with Crippen LogP contribution in [0.3, 0.4) is 0 Å². The zero-order valence-electron chi connectivity index (χ0n) is 25.0. The topological polar surface area (TPSA) is 110 Å². The molecule has 2 aromatic heterocycles. The van der Waals surface area contributed by atoms with Gasteiger partial charge in [-0.2, -0.15) is 0 Å². The minimum absolute atomic E-state index is 0.0247. The third-order valence-corrected chi connectivity index (χ3v) is 9.54. The Kier molecular flexibility index (Phi) is 7.84. The first kappa shape index (κ1) is 29.5. The zero-order valence-corrected chi connectivity index (χ0v) is 25.0. The van der Waals surface area contributed by atoms with Gasteiger partial charge in [-0.3, -0.25) is 19.1 Å². The fourth-order valence-electron chi connectivity index (χ4n) is 6.98. The molecule has 0 unspecified atom stereocenters. The van der Waals surface area contributed by atoms with Crippen molar-refractivity contribution < 1.29 is 19.0 Å². The maximum absolute atomic E-state index is 14.5. The summed E-state index contributed by atoms with van der Waals surface area (Å²) < 4.78 is 22.6. The predicted octanol–water partition coefficient (Wildman–Crippen LogP) is 3.61. The first-order chi connectivity index (χ1) is 21.9. The summed E-state index contributed by atoms with van der Waals surface area (Å²) in [6.45, 7) is 3.89. The molecule has 4 aromatic rings. The quantitative estimate of drug-likeness (QED) is 0.239. The van der Waals surface area contributed by atoms with Crippen LogP contribution in [-0.4, -0.2) is 73.5 Å². The smallest absolute Gasteiger partial charge is 0.337 e. The van der Waals surface area contributed by atoms with Gasteiger partial charge >= 0.3 is 5.69 Å². The van der Waals surface area contributed by atoms with Gasteiger partial charge in [0.05, 0.1) is 30.5 Å². The van der Waals surface area contributed by atoms with Gasteiger partial charge in [0.1, 0.15) is 11.5 Å². The highest BCUT2D eigenvalue weighted by Gasteiger charge is 2.49. The number of fused-ring (bicyclic) bond motifs is 1. The number of carbonyl (C=O) groups excluding carboxylic acids is 1. The Balaban J connectivity index is 1.28. The molecule has 3 fully saturated rings. The van der Waals surface area contributed by atoms with E-state index in [2.05, 4.69) is 22.0 Å². The van der Waals surface area contributed by atoms with E-state index >= 15 is 0 Å². The first-order valence-corrected chi connectivity index (χ1v) is 15.6. The molecular weight excluding hydrogens is 577 g/mol. The Morgan fingerprint density at radius 1 is 1.02 bits per heavy atom. The van der Waals surface area contributed by atoms with Gasteiger partial charge in [0.25, 0.3) is 5.56 Å². The Labute approximate surface area is 259 Å². The van der Waals surface area contributed by atoms with Crippen LogP contribution in [0, 0.1) is 5.82 Å². The molecule has 45 heavy (non-hydrogen) atoms. The molecule has 0 bridgehead atoms. The van der Waals surface area contributed by atoms with Crippen LogP contribution < -0.4 is 11.2 Å². The van der Waals surface area contributed by atoms with Gasteiger partial charge in [0, 0.05) is 31.7 Å². The van der Waals surface area contributed by atoms with Crippen molar-refractivity contribution in [2.24, 2.45) is 0 Å². The van der Waals surface area contributed by atoms with Crippen LogP contribution >= 0.6 is 0 Å². The lowest BCUT2D eigenvalue weighted by Crippen LogP contribution is -2.48. The summed E-state index contributed by atoms with van der Waals surface area (Å²) in [5, 5.41) is 10.6. The number of hydrogen-bond donors (Lipinski definition) is 1. The maximum Gasteiger partial charge on any atom is 0.337 e. The lowest BCUT2D eigenvalue weighted by molar-refractivity contribution is -0.136. The van der Waals surface area contributed by atoms with E-state index in [0.717, 1.165) is 48.6 Å². The SMILES string of the molecule is O=CN(C1CCC(n2c(=O)c3cc(F)cnc3n(-c3cccc(-c4ccccc4CN4CCOCC4)c3)c2=O)CC1)C1(O)CC1. The number of morpholine rings is 1. The number of rotatable bonds is 8. The minimum Gasteiger partial charge on any atom is -0.379 e. The number of benzene rings is 2. The largest absolute Gasteiger partial charge is 0.379 e. The number of pyridine rings is 1. The van der Waals surface area contributed by atoms with E-state index < -0.39 is 28.8 Å². The molecule has 0 spiro atoms. The molecule has 10 nitrogen and oxygen atoms in total. The van der Waals surface area contributed by atoms with Gasteiger partial charge < -0.3 is 14.7 Å². The van der Waals surface area contributed by atoms with Crippen molar-refractivity contribution in [3.8, 4) is 16.8 Å². The highest BCUT2D eigenvalue weighted by atomic mass is 19.1. The van der Waals surface area contributed by atoms with Crippen molar-refractivity contribution in [1.29, 1.82) is 0 Å². The number of hydrogen-bond acceptors (Lipinski definition) is 7. The molecule has 3 aliphatic rings. The van der Waals surface area contributed by atoms with Crippen LogP contribution in [0.5, 0.6) is 0 Å². The Hall–Kier alpha value is -4.19. The van der Waals surface area contributed by atoms with E-state index in [4.69, 9.17) is 4.74 Å². The highest BCUT2D eigenvalue weighted by Crippen LogP contribution is 2.42. The summed E-state index contributed by atoms with van der Waals surface area (Å²) in [7, 11) is 0. The summed E-state index contributed by atoms with van der Waals surface area (Å²) in [6, 6.07) is 16.3. The van der Waals surface area contributed by atoms with Crippen LogP contribution in [-0.2, 0) is 16.1 Å². The summed E-state index contributed by atoms with van der Waals surface area (Å²) in [5.74, 6) is -0.662. The first-order valence-electron chi connectivity index (χ1n) is 15.6. The van der Waals surface area contributed by atoms with Gasteiger partial charge in [-0.25, -0.2) is 18.7 Å². The third-order valence-electron chi connectivity index (χ3n) is 9.54. The van der Waals surface area contributed by atoms with E-state index in [-0.39, 0.29) is 17.1 Å². The van der Waals surface area contributed by atoms with E-state index in [1.807, 2.05) is 30.3 Å². The van der Waals surface area contributed by atoms with Crippen molar-refractivity contribution in [2.75, 3.05) is 26.3 Å². The van der Waals surface area contributed by atoms with Crippen molar-refractivity contribution in [3.63, 3.8) is 0 Å². The van der Waals surface area contributed by atoms with E-state index in [9.17, 15) is 23.9 Å². The average molecular weight is 614 g/mol. The van der Waals surface area contributed by atoms with Crippen LogP contribution in [0.15, 0.2) is 70.4 Å². The molecule has 1 aliphatic heterocycles. The van der Waals surface area contributed by atoms with Crippen LogP contribution in [0.25, 0.3) is 27.8 Å². The van der Waals surface area contributed by atoms with Crippen LogP contribution in [0.1, 0.15) is 50.1 Å². The van der Waals surface area contributed by atoms with Crippen molar-refractivity contribution in [2.45, 2.75) is 62.9 Å². The Morgan fingerprint density at radius 3 is 2.51 bits per heavy atom. The summed E-state index contributed by atoms with van der Waals surface area (Å²) in [6.07, 6.45) is 4.82. The Morgan fingerprint density at radius 2 is 1.78 bits per heavy atom. The molecule has 2 aromatic carbocycles. The summed E-state index contributed by atoms with van der Waals surface area (Å²) in [5.41, 5.74) is 1.50. The molecule has 0 atom stereocenters. The van der Waals surface area contributed by atoms with Crippen molar-refractivity contribution >= 4 is 17.4 Å². The molecule has 7 rings (SSSR count). The number of halogens is 1.